The molecule has 0 spiro atoms. The van der Waals surface area contributed by atoms with Crippen molar-refractivity contribution in [2.45, 2.75) is 6.92 Å². The lowest BCUT2D eigenvalue weighted by atomic mass is 10.1. The number of aromatic amines is 1. The lowest BCUT2D eigenvalue weighted by Gasteiger charge is -2.11. The summed E-state index contributed by atoms with van der Waals surface area (Å²) in [6.07, 6.45) is 0. The van der Waals surface area contributed by atoms with Crippen molar-refractivity contribution < 1.29 is 23.9 Å². The van der Waals surface area contributed by atoms with E-state index in [4.69, 9.17) is 0 Å². The first-order chi connectivity index (χ1) is 11.8. The zero-order chi connectivity index (χ0) is 18.6. The van der Waals surface area contributed by atoms with E-state index in [1.807, 2.05) is 0 Å². The van der Waals surface area contributed by atoms with Gasteiger partial charge in [-0.25, -0.2) is 9.59 Å². The summed E-state index contributed by atoms with van der Waals surface area (Å²) in [6, 6.07) is 6.64. The average Bonchev–Trinajstić information content (AvgIpc) is 2.59. The van der Waals surface area contributed by atoms with E-state index in [1.165, 1.54) is 38.5 Å². The summed E-state index contributed by atoms with van der Waals surface area (Å²) in [4.78, 5) is 50.0. The van der Waals surface area contributed by atoms with Crippen LogP contribution < -0.4 is 10.9 Å². The smallest absolute Gasteiger partial charge is 0.339 e. The largest absolute Gasteiger partial charge is 0.465 e. The van der Waals surface area contributed by atoms with Crippen LogP contribution in [-0.4, -0.2) is 37.0 Å². The molecule has 0 aliphatic heterocycles. The van der Waals surface area contributed by atoms with Crippen LogP contribution >= 0.6 is 0 Å². The number of H-pyrrole nitrogens is 1. The highest BCUT2D eigenvalue weighted by atomic mass is 16.5. The number of carbonyl (C=O) groups excluding carboxylic acids is 3. The van der Waals surface area contributed by atoms with E-state index in [1.54, 1.807) is 6.92 Å². The maximum atomic E-state index is 12.4. The molecule has 2 N–H and O–H groups in total. The van der Waals surface area contributed by atoms with Crippen molar-refractivity contribution in [1.82, 2.24) is 4.98 Å². The van der Waals surface area contributed by atoms with E-state index >= 15 is 0 Å². The van der Waals surface area contributed by atoms with Gasteiger partial charge in [0.1, 0.15) is 0 Å². The van der Waals surface area contributed by atoms with Gasteiger partial charge in [-0.1, -0.05) is 0 Å². The van der Waals surface area contributed by atoms with Crippen molar-refractivity contribution in [2.75, 3.05) is 19.5 Å². The normalized spacial score (nSPS) is 10.0. The number of ether oxygens (including phenoxy) is 2. The van der Waals surface area contributed by atoms with Gasteiger partial charge in [0.05, 0.1) is 31.0 Å². The molecule has 0 saturated carbocycles. The molecule has 1 aromatic carbocycles. The van der Waals surface area contributed by atoms with E-state index in [0.717, 1.165) is 6.07 Å². The molecule has 25 heavy (non-hydrogen) atoms. The van der Waals surface area contributed by atoms with Gasteiger partial charge in [0.2, 0.25) is 5.56 Å². The molecule has 0 bridgehead atoms. The molecule has 1 aromatic heterocycles. The van der Waals surface area contributed by atoms with Crippen LogP contribution in [0.4, 0.5) is 5.69 Å². The number of anilines is 1. The van der Waals surface area contributed by atoms with Gasteiger partial charge in [-0.3, -0.25) is 9.59 Å². The number of aromatic nitrogens is 1. The number of carbonyl (C=O) groups is 3. The Balaban J connectivity index is 2.44. The summed E-state index contributed by atoms with van der Waals surface area (Å²) in [7, 11) is 2.41. The number of aryl methyl sites for hydroxylation is 1. The van der Waals surface area contributed by atoms with Gasteiger partial charge in [0.25, 0.3) is 5.91 Å². The number of rotatable bonds is 4. The van der Waals surface area contributed by atoms with Crippen LogP contribution in [0.1, 0.15) is 36.8 Å². The molecule has 0 fully saturated rings. The van der Waals surface area contributed by atoms with Gasteiger partial charge >= 0.3 is 11.9 Å². The lowest BCUT2D eigenvalue weighted by molar-refractivity contribution is 0.0587. The Labute approximate surface area is 142 Å². The molecule has 8 nitrogen and oxygen atoms in total. The summed E-state index contributed by atoms with van der Waals surface area (Å²) in [5.74, 6) is -1.92. The molecule has 130 valence electrons. The SMILES string of the molecule is COC(=O)c1ccc(C(=O)OC)c(NC(=O)c2cc(C)[nH]c(=O)c2)c1. The van der Waals surface area contributed by atoms with Crippen LogP contribution in [0, 0.1) is 6.92 Å². The molecular formula is C17H16N2O6. The first-order valence-electron chi connectivity index (χ1n) is 7.18. The Morgan fingerprint density at radius 2 is 1.64 bits per heavy atom. The maximum Gasteiger partial charge on any atom is 0.339 e. The molecule has 1 amide bonds. The number of nitrogens with one attached hydrogen (secondary N) is 2. The van der Waals surface area contributed by atoms with Crippen LogP contribution in [0.3, 0.4) is 0 Å². The summed E-state index contributed by atoms with van der Waals surface area (Å²) >= 11 is 0. The third-order valence-corrected chi connectivity index (χ3v) is 3.34. The van der Waals surface area contributed by atoms with Gasteiger partial charge in [-0.15, -0.1) is 0 Å². The fraction of sp³-hybridized carbons (Fsp3) is 0.176. The molecule has 0 atom stereocenters. The molecule has 0 unspecified atom stereocenters. The van der Waals surface area contributed by atoms with Gasteiger partial charge in [-0.2, -0.15) is 0 Å². The highest BCUT2D eigenvalue weighted by molar-refractivity contribution is 6.09. The van der Waals surface area contributed by atoms with Crippen molar-refractivity contribution in [1.29, 1.82) is 0 Å². The van der Waals surface area contributed by atoms with Gasteiger partial charge in [0, 0.05) is 17.3 Å². The fourth-order valence-electron chi connectivity index (χ4n) is 2.19. The number of pyridine rings is 1. The Morgan fingerprint density at radius 3 is 2.24 bits per heavy atom. The van der Waals surface area contributed by atoms with Crippen molar-refractivity contribution in [3.8, 4) is 0 Å². The molecule has 0 aliphatic rings. The second-order valence-corrected chi connectivity index (χ2v) is 5.11. The molecule has 2 aromatic rings. The lowest BCUT2D eigenvalue weighted by Crippen LogP contribution is -2.19. The number of amides is 1. The Kier molecular flexibility index (Phi) is 5.33. The number of benzene rings is 1. The van der Waals surface area contributed by atoms with Crippen LogP contribution in [0.15, 0.2) is 35.1 Å². The Bertz CT molecular complexity index is 900. The minimum Gasteiger partial charge on any atom is -0.465 e. The second kappa shape index (κ2) is 7.43. The molecule has 1 heterocycles. The Hall–Kier alpha value is -3.42. The highest BCUT2D eigenvalue weighted by Crippen LogP contribution is 2.20. The minimum atomic E-state index is -0.686. The molecule has 0 radical (unpaired) electrons. The minimum absolute atomic E-state index is 0.0602. The third kappa shape index (κ3) is 4.11. The van der Waals surface area contributed by atoms with Crippen LogP contribution in [0.25, 0.3) is 0 Å². The first-order valence-corrected chi connectivity index (χ1v) is 7.18. The quantitative estimate of drug-likeness (QED) is 0.813. The van der Waals surface area contributed by atoms with Crippen LogP contribution in [0.2, 0.25) is 0 Å². The van der Waals surface area contributed by atoms with E-state index in [0.29, 0.717) is 5.69 Å². The monoisotopic (exact) mass is 344 g/mol. The third-order valence-electron chi connectivity index (χ3n) is 3.34. The zero-order valence-corrected chi connectivity index (χ0v) is 13.8. The molecule has 8 heteroatoms. The summed E-state index contributed by atoms with van der Waals surface area (Å²) in [5, 5.41) is 2.52. The summed E-state index contributed by atoms with van der Waals surface area (Å²) in [5.41, 5.74) is 0.464. The van der Waals surface area contributed by atoms with Gasteiger partial charge < -0.3 is 19.8 Å². The standard InChI is InChI=1S/C17H16N2O6/c1-9-6-11(8-14(20)18-9)15(21)19-13-7-10(16(22)24-2)4-5-12(13)17(23)25-3/h4-8H,1-3H3,(H,18,20)(H,19,21). The zero-order valence-electron chi connectivity index (χ0n) is 13.8. The van der Waals surface area contributed by atoms with E-state index in [9.17, 15) is 19.2 Å². The molecule has 0 saturated heterocycles. The maximum absolute atomic E-state index is 12.4. The van der Waals surface area contributed by atoms with Crippen molar-refractivity contribution in [2.24, 2.45) is 0 Å². The summed E-state index contributed by atoms with van der Waals surface area (Å²) < 4.78 is 9.29. The topological polar surface area (TPSA) is 115 Å². The molecule has 0 aliphatic carbocycles. The average molecular weight is 344 g/mol. The second-order valence-electron chi connectivity index (χ2n) is 5.11. The van der Waals surface area contributed by atoms with Crippen molar-refractivity contribution in [3.63, 3.8) is 0 Å². The van der Waals surface area contributed by atoms with Crippen LogP contribution in [-0.2, 0) is 9.47 Å². The van der Waals surface area contributed by atoms with E-state index in [2.05, 4.69) is 19.8 Å². The van der Waals surface area contributed by atoms with Crippen LogP contribution in [0.5, 0.6) is 0 Å². The van der Waals surface area contributed by atoms with E-state index < -0.39 is 23.4 Å². The fourth-order valence-corrected chi connectivity index (χ4v) is 2.19. The molecule has 2 rings (SSSR count). The molecular weight excluding hydrogens is 328 g/mol. The predicted molar refractivity (Wildman–Crippen MR) is 88.9 cm³/mol. The highest BCUT2D eigenvalue weighted by Gasteiger charge is 2.18. The van der Waals surface area contributed by atoms with Crippen molar-refractivity contribution >= 4 is 23.5 Å². The Morgan fingerprint density at radius 1 is 0.960 bits per heavy atom. The predicted octanol–water partition coefficient (Wildman–Crippen LogP) is 1.51. The van der Waals surface area contributed by atoms with E-state index in [-0.39, 0.29) is 22.4 Å². The number of hydrogen-bond acceptors (Lipinski definition) is 6. The number of hydrogen-bond donors (Lipinski definition) is 2. The van der Waals surface area contributed by atoms with Gasteiger partial charge in [0.15, 0.2) is 0 Å². The van der Waals surface area contributed by atoms with Crippen molar-refractivity contribution in [3.05, 3.63) is 63.1 Å². The number of methoxy groups -OCH3 is 2. The number of esters is 2. The first kappa shape index (κ1) is 17.9. The van der Waals surface area contributed by atoms with Gasteiger partial charge in [-0.05, 0) is 31.2 Å². The summed E-state index contributed by atoms with van der Waals surface area (Å²) in [6.45, 7) is 1.63.